The molecule has 14 heavy (non-hydrogen) atoms. The zero-order valence-corrected chi connectivity index (χ0v) is 7.84. The fourth-order valence-corrected chi connectivity index (χ4v) is 1.94. The largest absolute Gasteiger partial charge is 0.449 e. The molecule has 0 aromatic carbocycles. The minimum absolute atomic E-state index is 0.194. The second kappa shape index (κ2) is 3.55. The van der Waals surface area contributed by atoms with Gasteiger partial charge in [-0.15, -0.1) is 0 Å². The molecule has 1 heterocycles. The Morgan fingerprint density at radius 3 is 2.50 bits per heavy atom. The number of rotatable bonds is 0. The van der Waals surface area contributed by atoms with Crippen molar-refractivity contribution >= 4 is 0 Å². The van der Waals surface area contributed by atoms with Gasteiger partial charge >= 0.3 is 0 Å². The van der Waals surface area contributed by atoms with E-state index in [2.05, 4.69) is 6.07 Å². The second-order valence-corrected chi connectivity index (χ2v) is 3.49. The van der Waals surface area contributed by atoms with Crippen molar-refractivity contribution in [1.29, 1.82) is 10.5 Å². The van der Waals surface area contributed by atoms with Crippen molar-refractivity contribution in [3.8, 4) is 12.1 Å². The molecule has 0 saturated heterocycles. The summed E-state index contributed by atoms with van der Waals surface area (Å²) in [5.41, 5.74) is 1.44. The molecule has 1 aliphatic rings. The Morgan fingerprint density at radius 2 is 1.79 bits per heavy atom. The SMILES string of the molecule is N#Cc1oc2c(c1C#N)CCCCC2. The first-order valence-electron chi connectivity index (χ1n) is 4.81. The van der Waals surface area contributed by atoms with Gasteiger partial charge in [-0.25, -0.2) is 0 Å². The lowest BCUT2D eigenvalue weighted by molar-refractivity contribution is 0.490. The first-order valence-corrected chi connectivity index (χ1v) is 4.81. The van der Waals surface area contributed by atoms with Gasteiger partial charge in [-0.2, -0.15) is 10.5 Å². The quantitative estimate of drug-likeness (QED) is 0.584. The monoisotopic (exact) mass is 186 g/mol. The summed E-state index contributed by atoms with van der Waals surface area (Å²) in [4.78, 5) is 0. The summed E-state index contributed by atoms with van der Waals surface area (Å²) in [7, 11) is 0. The Bertz CT molecular complexity index is 431. The molecular formula is C11H10N2O. The lowest BCUT2D eigenvalue weighted by Gasteiger charge is -1.93. The molecule has 1 aliphatic carbocycles. The van der Waals surface area contributed by atoms with Gasteiger partial charge in [0, 0.05) is 12.0 Å². The summed E-state index contributed by atoms with van der Waals surface area (Å²) in [5, 5.41) is 17.7. The van der Waals surface area contributed by atoms with Gasteiger partial charge in [0.05, 0.1) is 0 Å². The van der Waals surface area contributed by atoms with Gasteiger partial charge in [0.2, 0.25) is 5.76 Å². The summed E-state index contributed by atoms with van der Waals surface area (Å²) >= 11 is 0. The molecule has 3 nitrogen and oxygen atoms in total. The van der Waals surface area contributed by atoms with Crippen molar-refractivity contribution in [3.63, 3.8) is 0 Å². The van der Waals surface area contributed by atoms with Gasteiger partial charge in [0.1, 0.15) is 23.5 Å². The molecule has 0 atom stereocenters. The van der Waals surface area contributed by atoms with E-state index in [9.17, 15) is 0 Å². The van der Waals surface area contributed by atoms with E-state index in [1.54, 1.807) is 0 Å². The smallest absolute Gasteiger partial charge is 0.221 e. The number of hydrogen-bond acceptors (Lipinski definition) is 3. The zero-order valence-electron chi connectivity index (χ0n) is 7.84. The molecule has 2 rings (SSSR count). The average Bonchev–Trinajstić information content (AvgIpc) is 2.39. The molecule has 0 radical (unpaired) electrons. The molecule has 1 aromatic heterocycles. The number of furan rings is 1. The van der Waals surface area contributed by atoms with Crippen molar-refractivity contribution < 1.29 is 4.42 Å². The first-order chi connectivity index (χ1) is 6.86. The van der Waals surface area contributed by atoms with Crippen LogP contribution in [0.15, 0.2) is 4.42 Å². The van der Waals surface area contributed by atoms with Crippen molar-refractivity contribution in [2.24, 2.45) is 0 Å². The molecule has 0 amide bonds. The van der Waals surface area contributed by atoms with Crippen LogP contribution in [0.4, 0.5) is 0 Å². The van der Waals surface area contributed by atoms with Crippen LogP contribution >= 0.6 is 0 Å². The van der Waals surface area contributed by atoms with Crippen LogP contribution in [0.3, 0.4) is 0 Å². The summed E-state index contributed by atoms with van der Waals surface area (Å²) in [6.45, 7) is 0. The number of fused-ring (bicyclic) bond motifs is 1. The molecule has 0 bridgehead atoms. The van der Waals surface area contributed by atoms with Crippen LogP contribution in [0.5, 0.6) is 0 Å². The average molecular weight is 186 g/mol. The molecule has 1 aromatic rings. The van der Waals surface area contributed by atoms with E-state index >= 15 is 0 Å². The first kappa shape index (κ1) is 8.84. The van der Waals surface area contributed by atoms with E-state index in [1.165, 1.54) is 6.42 Å². The summed E-state index contributed by atoms with van der Waals surface area (Å²) in [6, 6.07) is 4.00. The third kappa shape index (κ3) is 1.28. The maximum atomic E-state index is 8.93. The number of nitrogens with zero attached hydrogens (tertiary/aromatic N) is 2. The van der Waals surface area contributed by atoms with E-state index in [-0.39, 0.29) is 5.76 Å². The van der Waals surface area contributed by atoms with E-state index in [4.69, 9.17) is 14.9 Å². The van der Waals surface area contributed by atoms with Crippen LogP contribution in [0.2, 0.25) is 0 Å². The third-order valence-electron chi connectivity index (χ3n) is 2.63. The Morgan fingerprint density at radius 1 is 1.00 bits per heavy atom. The number of aryl methyl sites for hydroxylation is 1. The van der Waals surface area contributed by atoms with Crippen LogP contribution < -0.4 is 0 Å². The summed E-state index contributed by atoms with van der Waals surface area (Å²) < 4.78 is 5.37. The lowest BCUT2D eigenvalue weighted by atomic mass is 10.1. The third-order valence-corrected chi connectivity index (χ3v) is 2.63. The Labute approximate surface area is 82.6 Å². The van der Waals surface area contributed by atoms with Crippen molar-refractivity contribution in [2.45, 2.75) is 32.1 Å². The molecule has 0 spiro atoms. The normalized spacial score (nSPS) is 15.0. The van der Waals surface area contributed by atoms with Crippen LogP contribution in [0, 0.1) is 22.7 Å². The lowest BCUT2D eigenvalue weighted by Crippen LogP contribution is -1.88. The maximum absolute atomic E-state index is 8.93. The maximum Gasteiger partial charge on any atom is 0.221 e. The fraction of sp³-hybridized carbons (Fsp3) is 0.455. The Kier molecular flexibility index (Phi) is 2.24. The van der Waals surface area contributed by atoms with Crippen LogP contribution in [0.1, 0.15) is 41.9 Å². The highest BCUT2D eigenvalue weighted by Crippen LogP contribution is 2.28. The van der Waals surface area contributed by atoms with Gasteiger partial charge in [-0.3, -0.25) is 0 Å². The van der Waals surface area contributed by atoms with Gasteiger partial charge < -0.3 is 4.42 Å². The Hall–Kier alpha value is -1.74. The highest BCUT2D eigenvalue weighted by molar-refractivity contribution is 5.48. The van der Waals surface area contributed by atoms with E-state index in [0.717, 1.165) is 37.0 Å². The highest BCUT2D eigenvalue weighted by atomic mass is 16.3. The van der Waals surface area contributed by atoms with Gasteiger partial charge in [0.25, 0.3) is 0 Å². The minimum atomic E-state index is 0.194. The predicted octanol–water partition coefficient (Wildman–Crippen LogP) is 2.29. The van der Waals surface area contributed by atoms with E-state index < -0.39 is 0 Å². The van der Waals surface area contributed by atoms with Crippen molar-refractivity contribution in [2.75, 3.05) is 0 Å². The molecule has 0 saturated carbocycles. The number of hydrogen-bond donors (Lipinski definition) is 0. The summed E-state index contributed by atoms with van der Waals surface area (Å²) in [6.07, 6.45) is 5.11. The highest BCUT2D eigenvalue weighted by Gasteiger charge is 2.20. The number of nitriles is 2. The standard InChI is InChI=1S/C11H10N2O/c12-6-9-8-4-2-1-3-5-10(8)14-11(9)7-13/h1-5H2. The van der Waals surface area contributed by atoms with Crippen molar-refractivity contribution in [3.05, 3.63) is 22.6 Å². The summed E-state index contributed by atoms with van der Waals surface area (Å²) in [5.74, 6) is 1.05. The van der Waals surface area contributed by atoms with Gasteiger partial charge in [-0.1, -0.05) is 6.42 Å². The Balaban J connectivity index is 2.54. The fourth-order valence-electron chi connectivity index (χ4n) is 1.94. The van der Waals surface area contributed by atoms with Crippen LogP contribution in [0.25, 0.3) is 0 Å². The zero-order chi connectivity index (χ0) is 9.97. The molecule has 0 aliphatic heterocycles. The molecule has 3 heteroatoms. The molecular weight excluding hydrogens is 176 g/mol. The second-order valence-electron chi connectivity index (χ2n) is 3.49. The van der Waals surface area contributed by atoms with Gasteiger partial charge in [-0.05, 0) is 19.3 Å². The van der Waals surface area contributed by atoms with Crippen LogP contribution in [-0.2, 0) is 12.8 Å². The molecule has 0 N–H and O–H groups in total. The van der Waals surface area contributed by atoms with Crippen molar-refractivity contribution in [1.82, 2.24) is 0 Å². The molecule has 0 fully saturated rings. The predicted molar refractivity (Wildman–Crippen MR) is 49.4 cm³/mol. The minimum Gasteiger partial charge on any atom is -0.449 e. The molecule has 70 valence electrons. The van der Waals surface area contributed by atoms with Gasteiger partial charge in [0.15, 0.2) is 0 Å². The van der Waals surface area contributed by atoms with E-state index in [0.29, 0.717) is 5.56 Å². The topological polar surface area (TPSA) is 60.7 Å². The van der Waals surface area contributed by atoms with E-state index in [1.807, 2.05) is 6.07 Å². The van der Waals surface area contributed by atoms with Crippen LogP contribution in [-0.4, -0.2) is 0 Å². The molecule has 0 unspecified atom stereocenters.